The van der Waals surface area contributed by atoms with Crippen molar-refractivity contribution in [2.75, 3.05) is 0 Å². The second kappa shape index (κ2) is 10.9. The summed E-state index contributed by atoms with van der Waals surface area (Å²) >= 11 is 0. The maximum Gasteiger partial charge on any atom is 0.417 e. The molecule has 0 radical (unpaired) electrons. The number of hydrogen-bond acceptors (Lipinski definition) is 1. The molecule has 49 heavy (non-hydrogen) atoms. The van der Waals surface area contributed by atoms with Gasteiger partial charge in [0, 0.05) is 27.1 Å². The topological polar surface area (TPSA) is 33.6 Å². The summed E-state index contributed by atoms with van der Waals surface area (Å²) in [4.78, 5) is 0. The van der Waals surface area contributed by atoms with Crippen molar-refractivity contribution in [1.82, 2.24) is 9.13 Å². The number of nitrogens with zero attached hydrogens (tertiary/aromatic N) is 3. The zero-order valence-electron chi connectivity index (χ0n) is 27.8. The molecule has 240 valence electrons. The van der Waals surface area contributed by atoms with E-state index in [1.54, 1.807) is 19.1 Å². The molecule has 0 N–H and O–H groups in total. The van der Waals surface area contributed by atoms with Crippen molar-refractivity contribution in [3.8, 4) is 28.6 Å². The van der Waals surface area contributed by atoms with Crippen LogP contribution in [0.5, 0.6) is 0 Å². The molecule has 0 amide bonds. The van der Waals surface area contributed by atoms with E-state index in [1.165, 1.54) is 6.07 Å². The van der Waals surface area contributed by atoms with Gasteiger partial charge in [0.1, 0.15) is 11.6 Å². The van der Waals surface area contributed by atoms with E-state index in [0.29, 0.717) is 22.5 Å². The largest absolute Gasteiger partial charge is 0.417 e. The third-order valence-corrected chi connectivity index (χ3v) is 9.73. The van der Waals surface area contributed by atoms with Crippen LogP contribution in [0.4, 0.5) is 13.2 Å². The first-order valence-corrected chi connectivity index (χ1v) is 16.2. The molecule has 0 bridgehead atoms. The molecule has 0 spiro atoms. The van der Waals surface area contributed by atoms with Crippen molar-refractivity contribution < 1.29 is 13.2 Å². The van der Waals surface area contributed by atoms with Crippen molar-refractivity contribution in [3.05, 3.63) is 142 Å². The van der Waals surface area contributed by atoms with Crippen LogP contribution in [0.15, 0.2) is 103 Å². The van der Waals surface area contributed by atoms with E-state index >= 15 is 0 Å². The number of benzene rings is 6. The van der Waals surface area contributed by atoms with Crippen LogP contribution in [0.3, 0.4) is 0 Å². The second-order valence-corrected chi connectivity index (χ2v) is 13.2. The zero-order valence-corrected chi connectivity index (χ0v) is 27.8. The standard InChI is InChI=1S/C43H32F3N3/c1-24-9-14-36-30(19-24)31-20-25(2)10-15-37(31)48(36)40-18-13-29(41-28(5)7-6-8-35(41)43(44,45)46)42(34(40)23-47)49-38-16-11-26(3)21-32(38)33-22-27(4)12-17-39(33)49/h6-22H,1-5H3. The van der Waals surface area contributed by atoms with E-state index in [0.717, 1.165) is 71.9 Å². The van der Waals surface area contributed by atoms with Crippen molar-refractivity contribution in [2.45, 2.75) is 40.8 Å². The Balaban J connectivity index is 1.61. The Kier molecular flexibility index (Phi) is 6.77. The number of fused-ring (bicyclic) bond motifs is 6. The van der Waals surface area contributed by atoms with Crippen molar-refractivity contribution in [1.29, 1.82) is 5.26 Å². The molecular weight excluding hydrogens is 615 g/mol. The monoisotopic (exact) mass is 647 g/mol. The van der Waals surface area contributed by atoms with Gasteiger partial charge in [0.25, 0.3) is 0 Å². The fourth-order valence-corrected chi connectivity index (χ4v) is 7.57. The minimum Gasteiger partial charge on any atom is -0.308 e. The van der Waals surface area contributed by atoms with E-state index in [9.17, 15) is 18.4 Å². The van der Waals surface area contributed by atoms with Crippen molar-refractivity contribution in [3.63, 3.8) is 0 Å². The molecule has 0 atom stereocenters. The molecule has 3 nitrogen and oxygen atoms in total. The van der Waals surface area contributed by atoms with E-state index in [1.807, 2.05) is 60.9 Å². The molecule has 0 saturated heterocycles. The first-order valence-electron chi connectivity index (χ1n) is 16.2. The molecule has 0 saturated carbocycles. The van der Waals surface area contributed by atoms with Crippen LogP contribution < -0.4 is 0 Å². The number of aryl methyl sites for hydroxylation is 5. The lowest BCUT2D eigenvalue weighted by molar-refractivity contribution is -0.137. The summed E-state index contributed by atoms with van der Waals surface area (Å²) in [5.74, 6) is 0. The van der Waals surface area contributed by atoms with Gasteiger partial charge < -0.3 is 9.13 Å². The Morgan fingerprint density at radius 3 is 1.43 bits per heavy atom. The highest BCUT2D eigenvalue weighted by molar-refractivity contribution is 6.12. The predicted octanol–water partition coefficient (Wildman–Crippen LogP) is 12.0. The van der Waals surface area contributed by atoms with Gasteiger partial charge >= 0.3 is 6.18 Å². The molecule has 2 heterocycles. The fourth-order valence-electron chi connectivity index (χ4n) is 7.57. The third-order valence-electron chi connectivity index (χ3n) is 9.73. The number of nitriles is 1. The van der Waals surface area contributed by atoms with Gasteiger partial charge in [-0.3, -0.25) is 0 Å². The SMILES string of the molecule is Cc1ccc2c(c1)c1cc(C)ccc1n2-c1ccc(-c2c(C)cccc2C(F)(F)F)c(-n2c3ccc(C)cc3c3cc(C)ccc32)c1C#N. The second-order valence-electron chi connectivity index (χ2n) is 13.2. The summed E-state index contributed by atoms with van der Waals surface area (Å²) in [6.07, 6.45) is -4.61. The third kappa shape index (κ3) is 4.64. The van der Waals surface area contributed by atoms with Gasteiger partial charge in [0.15, 0.2) is 0 Å². The van der Waals surface area contributed by atoms with Gasteiger partial charge in [-0.2, -0.15) is 18.4 Å². The van der Waals surface area contributed by atoms with E-state index in [4.69, 9.17) is 0 Å². The lowest BCUT2D eigenvalue weighted by Crippen LogP contribution is -2.11. The summed E-state index contributed by atoms with van der Waals surface area (Å²) in [6.45, 7) is 9.86. The quantitative estimate of drug-likeness (QED) is 0.188. The van der Waals surface area contributed by atoms with Gasteiger partial charge in [-0.15, -0.1) is 0 Å². The molecule has 0 aliphatic rings. The van der Waals surface area contributed by atoms with Crippen LogP contribution in [0.25, 0.3) is 66.1 Å². The fraction of sp³-hybridized carbons (Fsp3) is 0.140. The number of hydrogen-bond donors (Lipinski definition) is 0. The van der Waals surface area contributed by atoms with Gasteiger partial charge in [-0.1, -0.05) is 64.7 Å². The lowest BCUT2D eigenvalue weighted by Gasteiger charge is -2.23. The van der Waals surface area contributed by atoms with Crippen LogP contribution >= 0.6 is 0 Å². The number of aromatic nitrogens is 2. The maximum atomic E-state index is 14.8. The van der Waals surface area contributed by atoms with Gasteiger partial charge in [0.05, 0.1) is 39.0 Å². The summed E-state index contributed by atoms with van der Waals surface area (Å²) in [5.41, 5.74) is 9.28. The zero-order chi connectivity index (χ0) is 34.4. The molecule has 8 rings (SSSR count). The van der Waals surface area contributed by atoms with Crippen LogP contribution in [0.2, 0.25) is 0 Å². The van der Waals surface area contributed by atoms with E-state index in [-0.39, 0.29) is 11.1 Å². The Hall–Kier alpha value is -5.80. The molecule has 0 unspecified atom stereocenters. The number of rotatable bonds is 3. The van der Waals surface area contributed by atoms with E-state index in [2.05, 4.69) is 60.9 Å². The Bertz CT molecular complexity index is 2600. The van der Waals surface area contributed by atoms with Gasteiger partial charge in [0.2, 0.25) is 0 Å². The highest BCUT2D eigenvalue weighted by Gasteiger charge is 2.36. The number of halogens is 3. The molecule has 6 aromatic carbocycles. The van der Waals surface area contributed by atoms with Crippen LogP contribution in [0.1, 0.15) is 38.9 Å². The highest BCUT2D eigenvalue weighted by atomic mass is 19.4. The molecule has 8 aromatic rings. The lowest BCUT2D eigenvalue weighted by atomic mass is 9.91. The normalized spacial score (nSPS) is 12.1. The minimum atomic E-state index is -4.61. The highest BCUT2D eigenvalue weighted by Crippen LogP contribution is 2.46. The van der Waals surface area contributed by atoms with Gasteiger partial charge in [-0.05, 0) is 106 Å². The number of alkyl halides is 3. The smallest absolute Gasteiger partial charge is 0.308 e. The Labute approximate surface area is 282 Å². The first kappa shape index (κ1) is 30.5. The summed E-state index contributed by atoms with van der Waals surface area (Å²) < 4.78 is 48.5. The molecule has 0 aliphatic heterocycles. The van der Waals surface area contributed by atoms with E-state index < -0.39 is 11.7 Å². The maximum absolute atomic E-state index is 14.8. The Morgan fingerprint density at radius 2 is 1.00 bits per heavy atom. The minimum absolute atomic E-state index is 0.0655. The van der Waals surface area contributed by atoms with Crippen molar-refractivity contribution in [2.24, 2.45) is 0 Å². The van der Waals surface area contributed by atoms with Crippen LogP contribution in [-0.4, -0.2) is 9.13 Å². The first-order chi connectivity index (χ1) is 23.5. The molecular formula is C43H32F3N3. The average Bonchev–Trinajstić information content (AvgIpc) is 3.54. The van der Waals surface area contributed by atoms with Gasteiger partial charge in [-0.25, -0.2) is 0 Å². The molecule has 0 fully saturated rings. The molecule has 6 heteroatoms. The summed E-state index contributed by atoms with van der Waals surface area (Å²) in [7, 11) is 0. The van der Waals surface area contributed by atoms with Crippen LogP contribution in [0, 0.1) is 45.9 Å². The molecule has 2 aromatic heterocycles. The summed E-state index contributed by atoms with van der Waals surface area (Å²) in [6, 6.07) is 35.1. The average molecular weight is 648 g/mol. The molecule has 0 aliphatic carbocycles. The summed E-state index contributed by atoms with van der Waals surface area (Å²) in [5, 5.41) is 15.3. The Morgan fingerprint density at radius 1 is 0.551 bits per heavy atom. The predicted molar refractivity (Wildman–Crippen MR) is 194 cm³/mol. The van der Waals surface area contributed by atoms with Crippen LogP contribution in [-0.2, 0) is 6.18 Å². The van der Waals surface area contributed by atoms with Crippen molar-refractivity contribution >= 4 is 43.6 Å².